The summed E-state index contributed by atoms with van der Waals surface area (Å²) in [6.07, 6.45) is 3.04. The smallest absolute Gasteiger partial charge is 0.146 e. The van der Waals surface area contributed by atoms with E-state index in [9.17, 15) is 5.11 Å². The maximum atomic E-state index is 10.2. The van der Waals surface area contributed by atoms with E-state index in [4.69, 9.17) is 0 Å². The molecule has 2 aromatic rings. The highest BCUT2D eigenvalue weighted by molar-refractivity contribution is 5.55. The zero-order valence-corrected chi connectivity index (χ0v) is 11.7. The van der Waals surface area contributed by atoms with Crippen molar-refractivity contribution in [1.82, 2.24) is 14.8 Å². The van der Waals surface area contributed by atoms with Crippen LogP contribution in [-0.2, 0) is 13.1 Å². The van der Waals surface area contributed by atoms with Gasteiger partial charge in [0, 0.05) is 24.3 Å². The number of para-hydroxylation sites is 1. The van der Waals surface area contributed by atoms with Gasteiger partial charge >= 0.3 is 0 Å². The second-order valence-electron chi connectivity index (χ2n) is 5.13. The molecule has 0 bridgehead atoms. The Morgan fingerprint density at radius 3 is 3.05 bits per heavy atom. The molecule has 20 heavy (non-hydrogen) atoms. The maximum absolute atomic E-state index is 10.2. The van der Waals surface area contributed by atoms with Crippen LogP contribution in [0.5, 0.6) is 0 Å². The molecule has 0 radical (unpaired) electrons. The summed E-state index contributed by atoms with van der Waals surface area (Å²) in [5, 5.41) is 14.5. The molecule has 0 saturated heterocycles. The van der Waals surface area contributed by atoms with E-state index in [2.05, 4.69) is 28.0 Å². The standard InChI is InChI=1S/C15H20N4O/c1-2-19-15(16-11-17-19)10-18-9-5-8-14(20)12-6-3-4-7-13(12)18/h3-4,6-7,11,14,20H,2,5,8-10H2,1H3. The minimum atomic E-state index is -0.361. The molecule has 0 fully saturated rings. The van der Waals surface area contributed by atoms with Crippen molar-refractivity contribution in [2.24, 2.45) is 0 Å². The van der Waals surface area contributed by atoms with Crippen molar-refractivity contribution in [2.45, 2.75) is 39.0 Å². The van der Waals surface area contributed by atoms with Gasteiger partial charge < -0.3 is 10.0 Å². The molecular formula is C15H20N4O. The van der Waals surface area contributed by atoms with Gasteiger partial charge in [-0.25, -0.2) is 9.67 Å². The van der Waals surface area contributed by atoms with Crippen LogP contribution in [0.25, 0.3) is 0 Å². The van der Waals surface area contributed by atoms with E-state index < -0.39 is 0 Å². The van der Waals surface area contributed by atoms with Crippen molar-refractivity contribution in [3.8, 4) is 0 Å². The quantitative estimate of drug-likeness (QED) is 0.930. The lowest BCUT2D eigenvalue weighted by atomic mass is 10.0. The zero-order chi connectivity index (χ0) is 13.9. The highest BCUT2D eigenvalue weighted by Gasteiger charge is 2.22. The Labute approximate surface area is 118 Å². The summed E-state index contributed by atoms with van der Waals surface area (Å²) >= 11 is 0. The second-order valence-corrected chi connectivity index (χ2v) is 5.13. The number of aromatic nitrogens is 3. The Balaban J connectivity index is 1.91. The van der Waals surface area contributed by atoms with Crippen LogP contribution in [0.3, 0.4) is 0 Å². The number of fused-ring (bicyclic) bond motifs is 1. The topological polar surface area (TPSA) is 54.2 Å². The summed E-state index contributed by atoms with van der Waals surface area (Å²) in [5.74, 6) is 0.971. The van der Waals surface area contributed by atoms with Crippen LogP contribution in [-0.4, -0.2) is 26.4 Å². The summed E-state index contributed by atoms with van der Waals surface area (Å²) in [6, 6.07) is 8.11. The lowest BCUT2D eigenvalue weighted by Gasteiger charge is -2.24. The molecule has 0 aliphatic carbocycles. The van der Waals surface area contributed by atoms with Gasteiger partial charge in [-0.2, -0.15) is 5.10 Å². The molecule has 0 amide bonds. The Morgan fingerprint density at radius 2 is 2.20 bits per heavy atom. The van der Waals surface area contributed by atoms with E-state index in [0.717, 1.165) is 49.6 Å². The van der Waals surface area contributed by atoms with Gasteiger partial charge in [-0.15, -0.1) is 0 Å². The van der Waals surface area contributed by atoms with Crippen LogP contribution in [0.4, 0.5) is 5.69 Å². The minimum Gasteiger partial charge on any atom is -0.388 e. The predicted octanol–water partition coefficient (Wildman–Crippen LogP) is 2.13. The summed E-state index contributed by atoms with van der Waals surface area (Å²) in [4.78, 5) is 6.64. The Bertz CT molecular complexity index is 581. The fourth-order valence-electron chi connectivity index (χ4n) is 2.82. The first kappa shape index (κ1) is 13.1. The normalized spacial score (nSPS) is 18.7. The second kappa shape index (κ2) is 5.63. The fourth-order valence-corrected chi connectivity index (χ4v) is 2.82. The van der Waals surface area contributed by atoms with E-state index >= 15 is 0 Å². The highest BCUT2D eigenvalue weighted by Crippen LogP contribution is 2.33. The predicted molar refractivity (Wildman–Crippen MR) is 77.4 cm³/mol. The number of rotatable bonds is 3. The molecule has 1 unspecified atom stereocenters. The van der Waals surface area contributed by atoms with Crippen molar-refractivity contribution >= 4 is 5.69 Å². The van der Waals surface area contributed by atoms with Crippen molar-refractivity contribution in [3.63, 3.8) is 0 Å². The third-order valence-electron chi connectivity index (χ3n) is 3.87. The van der Waals surface area contributed by atoms with Crippen LogP contribution in [0.2, 0.25) is 0 Å². The number of anilines is 1. The summed E-state index contributed by atoms with van der Waals surface area (Å²) in [5.41, 5.74) is 2.13. The maximum Gasteiger partial charge on any atom is 0.146 e. The molecule has 106 valence electrons. The molecule has 5 nitrogen and oxygen atoms in total. The van der Waals surface area contributed by atoms with Gasteiger partial charge in [0.1, 0.15) is 12.2 Å². The molecule has 1 atom stereocenters. The molecule has 0 spiro atoms. The van der Waals surface area contributed by atoms with Gasteiger partial charge in [0.15, 0.2) is 0 Å². The van der Waals surface area contributed by atoms with Gasteiger partial charge in [-0.1, -0.05) is 18.2 Å². The molecule has 1 aliphatic rings. The zero-order valence-electron chi connectivity index (χ0n) is 11.7. The summed E-state index contributed by atoms with van der Waals surface area (Å²) < 4.78 is 1.92. The van der Waals surface area contributed by atoms with E-state index in [1.54, 1.807) is 6.33 Å². The van der Waals surface area contributed by atoms with E-state index in [1.165, 1.54) is 0 Å². The van der Waals surface area contributed by atoms with Crippen LogP contribution >= 0.6 is 0 Å². The van der Waals surface area contributed by atoms with Gasteiger partial charge in [-0.3, -0.25) is 0 Å². The molecule has 0 saturated carbocycles. The molecule has 5 heteroatoms. The number of hydrogen-bond acceptors (Lipinski definition) is 4. The van der Waals surface area contributed by atoms with Crippen LogP contribution in [0, 0.1) is 0 Å². The van der Waals surface area contributed by atoms with Gasteiger partial charge in [0.05, 0.1) is 12.6 Å². The molecule has 1 aromatic heterocycles. The van der Waals surface area contributed by atoms with Crippen LogP contribution in [0.15, 0.2) is 30.6 Å². The largest absolute Gasteiger partial charge is 0.388 e. The van der Waals surface area contributed by atoms with Crippen molar-refractivity contribution < 1.29 is 5.11 Å². The fraction of sp³-hybridized carbons (Fsp3) is 0.467. The van der Waals surface area contributed by atoms with E-state index in [0.29, 0.717) is 0 Å². The van der Waals surface area contributed by atoms with Gasteiger partial charge in [-0.05, 0) is 25.8 Å². The minimum absolute atomic E-state index is 0.361. The number of hydrogen-bond donors (Lipinski definition) is 1. The van der Waals surface area contributed by atoms with E-state index in [-0.39, 0.29) is 6.10 Å². The van der Waals surface area contributed by atoms with Gasteiger partial charge in [0.2, 0.25) is 0 Å². The third-order valence-corrected chi connectivity index (χ3v) is 3.87. The SMILES string of the molecule is CCn1ncnc1CN1CCCC(O)c2ccccc21. The highest BCUT2D eigenvalue weighted by atomic mass is 16.3. The van der Waals surface area contributed by atoms with Crippen LogP contribution in [0.1, 0.15) is 37.3 Å². The van der Waals surface area contributed by atoms with Crippen molar-refractivity contribution in [3.05, 3.63) is 42.0 Å². The average Bonchev–Trinajstić information content (AvgIpc) is 2.86. The Morgan fingerprint density at radius 1 is 1.35 bits per heavy atom. The van der Waals surface area contributed by atoms with Gasteiger partial charge in [0.25, 0.3) is 0 Å². The molecule has 1 aliphatic heterocycles. The average molecular weight is 272 g/mol. The molecular weight excluding hydrogens is 252 g/mol. The van der Waals surface area contributed by atoms with Crippen LogP contribution < -0.4 is 4.90 Å². The van der Waals surface area contributed by atoms with E-state index in [1.807, 2.05) is 22.9 Å². The molecule has 1 N–H and O–H groups in total. The number of aliphatic hydroxyl groups excluding tert-OH is 1. The monoisotopic (exact) mass is 272 g/mol. The number of aliphatic hydroxyl groups is 1. The van der Waals surface area contributed by atoms with Crippen molar-refractivity contribution in [2.75, 3.05) is 11.4 Å². The summed E-state index contributed by atoms with van der Waals surface area (Å²) in [6.45, 7) is 4.56. The number of nitrogens with zero attached hydrogens (tertiary/aromatic N) is 4. The van der Waals surface area contributed by atoms with Crippen molar-refractivity contribution in [1.29, 1.82) is 0 Å². The molecule has 2 heterocycles. The lowest BCUT2D eigenvalue weighted by molar-refractivity contribution is 0.168. The molecule has 1 aromatic carbocycles. The first-order chi connectivity index (χ1) is 9.79. The first-order valence-electron chi connectivity index (χ1n) is 7.18. The number of aryl methyl sites for hydroxylation is 1. The third kappa shape index (κ3) is 2.41. The Kier molecular flexibility index (Phi) is 3.69. The lowest BCUT2D eigenvalue weighted by Crippen LogP contribution is -2.25. The Hall–Kier alpha value is -1.88. The number of benzene rings is 1. The summed E-state index contributed by atoms with van der Waals surface area (Å²) in [7, 11) is 0. The molecule has 3 rings (SSSR count). The first-order valence-corrected chi connectivity index (χ1v) is 7.18.